The second-order valence-electron chi connectivity index (χ2n) is 7.07. The maximum absolute atomic E-state index is 12.3. The van der Waals surface area contributed by atoms with Gasteiger partial charge in [-0.1, -0.05) is 12.1 Å². The van der Waals surface area contributed by atoms with Gasteiger partial charge in [-0.2, -0.15) is 13.2 Å². The Hall–Kier alpha value is -1.87. The zero-order valence-electron chi connectivity index (χ0n) is 15.6. The molecule has 9 heteroatoms. The molecule has 1 spiro atoms. The molecule has 3 heterocycles. The lowest BCUT2D eigenvalue weighted by atomic mass is 9.79. The fourth-order valence-corrected chi connectivity index (χ4v) is 4.66. The number of hydrogen-bond donors (Lipinski definition) is 1. The minimum Gasteiger partial charge on any atom is -0.475 e. The number of rotatable bonds is 4. The van der Waals surface area contributed by atoms with Gasteiger partial charge in [0.15, 0.2) is 0 Å². The molecule has 3 rings (SSSR count). The van der Waals surface area contributed by atoms with Gasteiger partial charge in [-0.25, -0.2) is 4.79 Å². The highest BCUT2D eigenvalue weighted by Gasteiger charge is 2.44. The summed E-state index contributed by atoms with van der Waals surface area (Å²) in [6.45, 7) is 7.73. The molecule has 156 valence electrons. The summed E-state index contributed by atoms with van der Waals surface area (Å²) in [5.41, 5.74) is 0.0546. The minimum absolute atomic E-state index is 0.0546. The van der Waals surface area contributed by atoms with E-state index in [1.807, 2.05) is 17.4 Å². The van der Waals surface area contributed by atoms with Crippen LogP contribution in [0, 0.1) is 0 Å². The number of hydrogen-bond acceptors (Lipinski definition) is 4. The molecule has 2 aliphatic rings. The molecule has 1 amide bonds. The molecule has 2 saturated heterocycles. The van der Waals surface area contributed by atoms with Crippen molar-refractivity contribution in [1.82, 2.24) is 9.80 Å². The van der Waals surface area contributed by atoms with E-state index in [4.69, 9.17) is 9.90 Å². The van der Waals surface area contributed by atoms with Crippen molar-refractivity contribution in [1.29, 1.82) is 0 Å². The van der Waals surface area contributed by atoms with Gasteiger partial charge in [0.25, 0.3) is 0 Å². The largest absolute Gasteiger partial charge is 0.490 e. The summed E-state index contributed by atoms with van der Waals surface area (Å²) < 4.78 is 31.7. The number of carboxylic acids is 1. The highest BCUT2D eigenvalue weighted by molar-refractivity contribution is 7.09. The predicted octanol–water partition coefficient (Wildman–Crippen LogP) is 3.91. The van der Waals surface area contributed by atoms with Gasteiger partial charge in [0.05, 0.1) is 5.54 Å². The van der Waals surface area contributed by atoms with Gasteiger partial charge < -0.3 is 10.0 Å². The summed E-state index contributed by atoms with van der Waals surface area (Å²) in [4.78, 5) is 27.3. The van der Waals surface area contributed by atoms with Crippen LogP contribution in [-0.4, -0.2) is 58.1 Å². The smallest absolute Gasteiger partial charge is 0.475 e. The van der Waals surface area contributed by atoms with Gasteiger partial charge in [-0.05, 0) is 43.7 Å². The summed E-state index contributed by atoms with van der Waals surface area (Å²) in [5, 5.41) is 9.27. The van der Waals surface area contributed by atoms with E-state index in [9.17, 15) is 18.0 Å². The molecule has 1 unspecified atom stereocenters. The molecule has 2 fully saturated rings. The molecule has 0 bridgehead atoms. The van der Waals surface area contributed by atoms with E-state index >= 15 is 0 Å². The van der Waals surface area contributed by atoms with Crippen LogP contribution in [0.5, 0.6) is 0 Å². The van der Waals surface area contributed by atoms with Crippen LogP contribution in [0.3, 0.4) is 0 Å². The lowest BCUT2D eigenvalue weighted by Gasteiger charge is -2.52. The van der Waals surface area contributed by atoms with E-state index in [1.54, 1.807) is 0 Å². The van der Waals surface area contributed by atoms with Crippen LogP contribution >= 0.6 is 11.3 Å². The number of carbonyl (C=O) groups is 2. The molecular formula is C19H25F3N2O3S. The van der Waals surface area contributed by atoms with Gasteiger partial charge in [0.1, 0.15) is 0 Å². The highest BCUT2D eigenvalue weighted by atomic mass is 32.1. The van der Waals surface area contributed by atoms with Crippen molar-refractivity contribution >= 4 is 23.2 Å². The van der Waals surface area contributed by atoms with E-state index < -0.39 is 12.1 Å². The van der Waals surface area contributed by atoms with Crippen molar-refractivity contribution < 1.29 is 27.9 Å². The Bertz CT molecular complexity index is 674. The molecular weight excluding hydrogens is 393 g/mol. The molecule has 1 N–H and O–H groups in total. The first-order valence-electron chi connectivity index (χ1n) is 9.14. The third-order valence-corrected chi connectivity index (χ3v) is 5.92. The molecule has 1 aromatic rings. The fourth-order valence-electron chi connectivity index (χ4n) is 3.92. The van der Waals surface area contributed by atoms with Crippen molar-refractivity contribution in [2.24, 2.45) is 0 Å². The summed E-state index contributed by atoms with van der Waals surface area (Å²) >= 11 is 1.82. The van der Waals surface area contributed by atoms with Crippen molar-refractivity contribution in [2.75, 3.05) is 19.6 Å². The summed E-state index contributed by atoms with van der Waals surface area (Å²) in [6, 6.07) is 4.33. The third-order valence-electron chi connectivity index (χ3n) is 5.05. The van der Waals surface area contributed by atoms with Crippen LogP contribution in [0.15, 0.2) is 30.2 Å². The molecule has 2 aliphatic heterocycles. The van der Waals surface area contributed by atoms with Gasteiger partial charge in [-0.15, -0.1) is 17.9 Å². The van der Waals surface area contributed by atoms with Gasteiger partial charge in [0.2, 0.25) is 5.91 Å². The molecule has 0 radical (unpaired) electrons. The number of alkyl halides is 3. The van der Waals surface area contributed by atoms with Crippen molar-refractivity contribution in [3.05, 3.63) is 35.0 Å². The molecule has 5 nitrogen and oxygen atoms in total. The fraction of sp³-hybridized carbons (Fsp3) is 0.579. The van der Waals surface area contributed by atoms with Crippen LogP contribution in [0.1, 0.15) is 37.0 Å². The topological polar surface area (TPSA) is 60.9 Å². The number of halogens is 3. The monoisotopic (exact) mass is 418 g/mol. The maximum Gasteiger partial charge on any atom is 0.490 e. The third kappa shape index (κ3) is 5.81. The average Bonchev–Trinajstić information content (AvgIpc) is 3.11. The Morgan fingerprint density at radius 2 is 2.04 bits per heavy atom. The number of amides is 1. The number of piperidine rings is 2. The number of thiophene rings is 1. The predicted molar refractivity (Wildman–Crippen MR) is 101 cm³/mol. The SMILES string of the molecule is C=CCN1C(=O)CCCC12CCCN(Cc1cccs1)C2.O=C(O)C(F)(F)F. The van der Waals surface area contributed by atoms with Crippen molar-refractivity contribution in [3.8, 4) is 0 Å². The molecule has 1 aromatic heterocycles. The number of carboxylic acid groups (broad SMARTS) is 1. The van der Waals surface area contributed by atoms with Crippen LogP contribution in [0.4, 0.5) is 13.2 Å². The van der Waals surface area contributed by atoms with E-state index in [2.05, 4.69) is 33.9 Å². The lowest BCUT2D eigenvalue weighted by Crippen LogP contribution is -2.62. The highest BCUT2D eigenvalue weighted by Crippen LogP contribution is 2.37. The number of likely N-dealkylation sites (tertiary alicyclic amines) is 2. The normalized spacial score (nSPS) is 23.2. The molecule has 0 aliphatic carbocycles. The molecule has 1 atom stereocenters. The second kappa shape index (κ2) is 9.56. The number of nitrogens with zero attached hydrogens (tertiary/aromatic N) is 2. The molecule has 28 heavy (non-hydrogen) atoms. The Labute approximate surface area is 166 Å². The number of carbonyl (C=O) groups excluding carboxylic acids is 1. The Kier molecular flexibility index (Phi) is 7.65. The quantitative estimate of drug-likeness (QED) is 0.753. The van der Waals surface area contributed by atoms with E-state index in [0.717, 1.165) is 38.9 Å². The Morgan fingerprint density at radius 1 is 1.36 bits per heavy atom. The zero-order valence-corrected chi connectivity index (χ0v) is 16.4. The Morgan fingerprint density at radius 3 is 2.61 bits per heavy atom. The maximum atomic E-state index is 12.3. The Balaban J connectivity index is 0.000000345. The van der Waals surface area contributed by atoms with Gasteiger partial charge in [-0.3, -0.25) is 9.69 Å². The lowest BCUT2D eigenvalue weighted by molar-refractivity contribution is -0.192. The van der Waals surface area contributed by atoms with Crippen molar-refractivity contribution in [2.45, 2.75) is 50.4 Å². The molecule has 0 aromatic carbocycles. The first kappa shape index (κ1) is 22.4. The van der Waals surface area contributed by atoms with Crippen molar-refractivity contribution in [3.63, 3.8) is 0 Å². The second-order valence-corrected chi connectivity index (χ2v) is 8.10. The van der Waals surface area contributed by atoms with Crippen LogP contribution in [-0.2, 0) is 16.1 Å². The van der Waals surface area contributed by atoms with Crippen LogP contribution in [0.25, 0.3) is 0 Å². The van der Waals surface area contributed by atoms with Crippen LogP contribution in [0.2, 0.25) is 0 Å². The minimum atomic E-state index is -5.08. The summed E-state index contributed by atoms with van der Waals surface area (Å²) in [6.07, 6.45) is 2.02. The number of aliphatic carboxylic acids is 1. The van der Waals surface area contributed by atoms with Crippen LogP contribution < -0.4 is 0 Å². The van der Waals surface area contributed by atoms with E-state index in [-0.39, 0.29) is 5.54 Å². The van der Waals surface area contributed by atoms with Gasteiger partial charge in [0, 0.05) is 30.9 Å². The first-order valence-corrected chi connectivity index (χ1v) is 10.0. The average molecular weight is 418 g/mol. The first-order chi connectivity index (χ1) is 13.2. The van der Waals surface area contributed by atoms with E-state index in [0.29, 0.717) is 18.9 Å². The van der Waals surface area contributed by atoms with Gasteiger partial charge >= 0.3 is 12.1 Å². The van der Waals surface area contributed by atoms with E-state index in [1.165, 1.54) is 11.3 Å². The summed E-state index contributed by atoms with van der Waals surface area (Å²) in [5.74, 6) is -2.44. The molecule has 0 saturated carbocycles. The standard InChI is InChI=1S/C17H24N2OS.C2HF3O2/c1-2-10-19-16(20)7-3-8-17(19)9-5-11-18(14-17)13-15-6-4-12-21-15;3-2(4,5)1(6)7/h2,4,6,12H,1,3,5,7-11,13-14H2;(H,6,7). The zero-order chi connectivity index (χ0) is 20.8. The summed E-state index contributed by atoms with van der Waals surface area (Å²) in [7, 11) is 0.